The second kappa shape index (κ2) is 7.37. The number of nitrogen functional groups attached to an aromatic ring is 1. The summed E-state index contributed by atoms with van der Waals surface area (Å²) < 4.78 is 9.58. The lowest BCUT2D eigenvalue weighted by atomic mass is 10.1. The molecular weight excluding hydrogens is 260 g/mol. The van der Waals surface area contributed by atoms with Crippen molar-refractivity contribution in [2.75, 3.05) is 24.8 Å². The molecule has 110 valence electrons. The molecule has 0 heterocycles. The Morgan fingerprint density at radius 2 is 2.05 bits per heavy atom. The van der Waals surface area contributed by atoms with Gasteiger partial charge in [0.1, 0.15) is 6.04 Å². The highest BCUT2D eigenvalue weighted by molar-refractivity contribution is 5.92. The molecule has 0 aliphatic rings. The van der Waals surface area contributed by atoms with Gasteiger partial charge in [-0.05, 0) is 31.5 Å². The Kier molecular flexibility index (Phi) is 5.83. The molecule has 1 rings (SSSR count). The normalized spacial score (nSPS) is 11.6. The van der Waals surface area contributed by atoms with Crippen molar-refractivity contribution < 1.29 is 19.1 Å². The zero-order valence-corrected chi connectivity index (χ0v) is 11.9. The van der Waals surface area contributed by atoms with Crippen LogP contribution in [-0.2, 0) is 14.3 Å². The Balaban J connectivity index is 2.87. The van der Waals surface area contributed by atoms with Gasteiger partial charge in [0.15, 0.2) is 0 Å². The lowest BCUT2D eigenvalue weighted by Crippen LogP contribution is -2.30. The summed E-state index contributed by atoms with van der Waals surface area (Å²) in [6.07, 6.45) is 0.561. The van der Waals surface area contributed by atoms with Crippen molar-refractivity contribution in [3.8, 4) is 0 Å². The van der Waals surface area contributed by atoms with Crippen LogP contribution in [0.1, 0.15) is 30.6 Å². The Morgan fingerprint density at radius 3 is 2.55 bits per heavy atom. The Hall–Kier alpha value is -2.24. The largest absolute Gasteiger partial charge is 0.467 e. The Labute approximate surface area is 118 Å². The number of nitrogens with one attached hydrogen (secondary N) is 1. The van der Waals surface area contributed by atoms with Crippen molar-refractivity contribution in [3.05, 3.63) is 23.8 Å². The molecule has 0 aliphatic heterocycles. The number of methoxy groups -OCH3 is 1. The summed E-state index contributed by atoms with van der Waals surface area (Å²) in [6, 6.07) is 4.29. The lowest BCUT2D eigenvalue weighted by molar-refractivity contribution is -0.141. The van der Waals surface area contributed by atoms with E-state index in [9.17, 15) is 9.59 Å². The number of carbonyl (C=O) groups is 2. The van der Waals surface area contributed by atoms with E-state index in [1.807, 2.05) is 6.92 Å². The number of rotatable bonds is 6. The van der Waals surface area contributed by atoms with E-state index in [0.717, 1.165) is 0 Å². The van der Waals surface area contributed by atoms with E-state index in [1.165, 1.54) is 13.2 Å². The van der Waals surface area contributed by atoms with E-state index in [-0.39, 0.29) is 5.97 Å². The number of nitrogens with two attached hydrogens (primary N) is 1. The first-order chi connectivity index (χ1) is 9.53. The van der Waals surface area contributed by atoms with Crippen LogP contribution in [0.25, 0.3) is 0 Å². The summed E-state index contributed by atoms with van der Waals surface area (Å²) in [5.74, 6) is -0.785. The Morgan fingerprint density at radius 1 is 1.35 bits per heavy atom. The summed E-state index contributed by atoms with van der Waals surface area (Å²) in [4.78, 5) is 23.1. The molecule has 0 amide bonds. The van der Waals surface area contributed by atoms with Crippen LogP contribution in [0.5, 0.6) is 0 Å². The summed E-state index contributed by atoms with van der Waals surface area (Å²) in [5.41, 5.74) is 7.21. The maximum Gasteiger partial charge on any atom is 0.338 e. The molecule has 0 aromatic heterocycles. The molecular formula is C14H20N2O4. The minimum Gasteiger partial charge on any atom is -0.467 e. The van der Waals surface area contributed by atoms with Crippen LogP contribution in [0.4, 0.5) is 11.4 Å². The van der Waals surface area contributed by atoms with Crippen LogP contribution in [0, 0.1) is 0 Å². The van der Waals surface area contributed by atoms with Gasteiger partial charge >= 0.3 is 11.9 Å². The molecule has 1 unspecified atom stereocenters. The fourth-order valence-electron chi connectivity index (χ4n) is 1.69. The number of hydrogen-bond acceptors (Lipinski definition) is 6. The van der Waals surface area contributed by atoms with Crippen LogP contribution in [0.15, 0.2) is 18.2 Å². The molecule has 1 aromatic carbocycles. The Bertz CT molecular complexity index is 488. The molecule has 6 nitrogen and oxygen atoms in total. The maximum absolute atomic E-state index is 11.6. The van der Waals surface area contributed by atoms with Gasteiger partial charge in [-0.3, -0.25) is 0 Å². The molecule has 0 fully saturated rings. The molecule has 6 heteroatoms. The zero-order chi connectivity index (χ0) is 15.1. The van der Waals surface area contributed by atoms with E-state index in [2.05, 4.69) is 5.32 Å². The predicted octanol–water partition coefficient (Wildman–Crippen LogP) is 1.81. The highest BCUT2D eigenvalue weighted by Crippen LogP contribution is 2.22. The highest BCUT2D eigenvalue weighted by atomic mass is 16.5. The SMILES string of the molecule is CCOC(=O)c1ccc(NC(CC)C(=O)OC)c(N)c1. The van der Waals surface area contributed by atoms with Gasteiger partial charge in [-0.1, -0.05) is 6.92 Å². The molecule has 0 saturated heterocycles. The van der Waals surface area contributed by atoms with Crippen molar-refractivity contribution in [3.63, 3.8) is 0 Å². The summed E-state index contributed by atoms with van der Waals surface area (Å²) in [7, 11) is 1.33. The van der Waals surface area contributed by atoms with Gasteiger partial charge in [-0.15, -0.1) is 0 Å². The molecule has 3 N–H and O–H groups in total. The predicted molar refractivity (Wildman–Crippen MR) is 76.5 cm³/mol. The summed E-state index contributed by atoms with van der Waals surface area (Å²) in [5, 5.41) is 2.99. The van der Waals surface area contributed by atoms with E-state index >= 15 is 0 Å². The molecule has 0 spiro atoms. The second-order valence-corrected chi connectivity index (χ2v) is 4.15. The maximum atomic E-state index is 11.6. The second-order valence-electron chi connectivity index (χ2n) is 4.15. The van der Waals surface area contributed by atoms with Gasteiger partial charge in [0.25, 0.3) is 0 Å². The number of ether oxygens (including phenoxy) is 2. The molecule has 1 aromatic rings. The van der Waals surface area contributed by atoms with Crippen LogP contribution in [0.2, 0.25) is 0 Å². The van der Waals surface area contributed by atoms with Gasteiger partial charge in [-0.2, -0.15) is 0 Å². The van der Waals surface area contributed by atoms with Gasteiger partial charge in [0.2, 0.25) is 0 Å². The number of carbonyl (C=O) groups excluding carboxylic acids is 2. The first-order valence-electron chi connectivity index (χ1n) is 6.44. The highest BCUT2D eigenvalue weighted by Gasteiger charge is 2.18. The van der Waals surface area contributed by atoms with Gasteiger partial charge in [0.05, 0.1) is 30.7 Å². The zero-order valence-electron chi connectivity index (χ0n) is 11.9. The molecule has 0 aliphatic carbocycles. The van der Waals surface area contributed by atoms with E-state index < -0.39 is 12.0 Å². The summed E-state index contributed by atoms with van der Waals surface area (Å²) >= 11 is 0. The van der Waals surface area contributed by atoms with Crippen LogP contribution < -0.4 is 11.1 Å². The fourth-order valence-corrected chi connectivity index (χ4v) is 1.69. The third-order valence-electron chi connectivity index (χ3n) is 2.79. The van der Waals surface area contributed by atoms with E-state index in [1.54, 1.807) is 19.1 Å². The van der Waals surface area contributed by atoms with E-state index in [4.69, 9.17) is 15.2 Å². The minimum absolute atomic E-state index is 0.305. The van der Waals surface area contributed by atoms with Gasteiger partial charge in [-0.25, -0.2) is 9.59 Å². The average molecular weight is 280 g/mol. The van der Waals surface area contributed by atoms with Gasteiger partial charge in [0, 0.05) is 0 Å². The van der Waals surface area contributed by atoms with Crippen molar-refractivity contribution in [1.82, 2.24) is 0 Å². The van der Waals surface area contributed by atoms with Crippen molar-refractivity contribution in [1.29, 1.82) is 0 Å². The third kappa shape index (κ3) is 3.88. The molecule has 20 heavy (non-hydrogen) atoms. The summed E-state index contributed by atoms with van der Waals surface area (Å²) in [6.45, 7) is 3.90. The minimum atomic E-state index is -0.476. The third-order valence-corrected chi connectivity index (χ3v) is 2.79. The van der Waals surface area contributed by atoms with E-state index in [0.29, 0.717) is 30.0 Å². The molecule has 0 radical (unpaired) electrons. The van der Waals surface area contributed by atoms with Crippen molar-refractivity contribution >= 4 is 23.3 Å². The smallest absolute Gasteiger partial charge is 0.338 e. The standard InChI is InChI=1S/C14H20N2O4/c1-4-11(14(18)19-3)16-12-7-6-9(8-10(12)15)13(17)20-5-2/h6-8,11,16H,4-5,15H2,1-3H3. The van der Waals surface area contributed by atoms with Crippen molar-refractivity contribution in [2.24, 2.45) is 0 Å². The lowest BCUT2D eigenvalue weighted by Gasteiger charge is -2.17. The molecule has 0 bridgehead atoms. The van der Waals surface area contributed by atoms with Crippen LogP contribution >= 0.6 is 0 Å². The van der Waals surface area contributed by atoms with Crippen LogP contribution in [-0.4, -0.2) is 31.7 Å². The van der Waals surface area contributed by atoms with Crippen molar-refractivity contribution in [2.45, 2.75) is 26.3 Å². The quantitative estimate of drug-likeness (QED) is 0.610. The fraction of sp³-hybridized carbons (Fsp3) is 0.429. The first-order valence-corrected chi connectivity index (χ1v) is 6.44. The van der Waals surface area contributed by atoms with Crippen LogP contribution in [0.3, 0.4) is 0 Å². The number of esters is 2. The average Bonchev–Trinajstić information content (AvgIpc) is 2.45. The number of anilines is 2. The molecule has 0 saturated carbocycles. The molecule has 1 atom stereocenters. The number of hydrogen-bond donors (Lipinski definition) is 2. The van der Waals surface area contributed by atoms with Gasteiger partial charge < -0.3 is 20.5 Å². The number of benzene rings is 1. The monoisotopic (exact) mass is 280 g/mol. The first kappa shape index (κ1) is 15.8. The topological polar surface area (TPSA) is 90.6 Å².